The highest BCUT2D eigenvalue weighted by atomic mass is 32.2. The van der Waals surface area contributed by atoms with Crippen LogP contribution in [0.1, 0.15) is 26.7 Å². The Labute approximate surface area is 215 Å². The van der Waals surface area contributed by atoms with E-state index in [0.29, 0.717) is 11.7 Å². The second-order valence-corrected chi connectivity index (χ2v) is 9.71. The zero-order valence-corrected chi connectivity index (χ0v) is 21.2. The molecule has 1 saturated heterocycles. The van der Waals surface area contributed by atoms with E-state index in [2.05, 4.69) is 10.0 Å². The number of rotatable bonds is 12. The average molecular weight is 510 g/mol. The van der Waals surface area contributed by atoms with E-state index in [-0.39, 0.29) is 25.2 Å². The lowest BCUT2D eigenvalue weighted by atomic mass is 9.89. The Hall–Kier alpha value is -3.46. The lowest BCUT2D eigenvalue weighted by molar-refractivity contribution is -0.163. The van der Waals surface area contributed by atoms with E-state index < -0.39 is 24.0 Å². The van der Waals surface area contributed by atoms with Gasteiger partial charge in [-0.15, -0.1) is 0 Å². The van der Waals surface area contributed by atoms with Crippen LogP contribution < -0.4 is 14.8 Å². The quantitative estimate of drug-likeness (QED) is 0.255. The Kier molecular flexibility index (Phi) is 8.53. The lowest BCUT2D eigenvalue weighted by Gasteiger charge is -2.47. The number of carbonyl (C=O) groups excluding carboxylic acids is 3. The zero-order valence-electron chi connectivity index (χ0n) is 20.4. The first-order chi connectivity index (χ1) is 17.4. The second kappa shape index (κ2) is 12.0. The number of para-hydroxylation sites is 2. The molecule has 2 N–H and O–H groups in total. The van der Waals surface area contributed by atoms with Gasteiger partial charge in [-0.1, -0.05) is 36.4 Å². The van der Waals surface area contributed by atoms with Crippen molar-refractivity contribution in [2.75, 3.05) is 17.9 Å². The van der Waals surface area contributed by atoms with E-state index in [1.807, 2.05) is 67.8 Å². The molecule has 36 heavy (non-hydrogen) atoms. The summed E-state index contributed by atoms with van der Waals surface area (Å²) in [6.07, 6.45) is 1.97. The number of carbonyl (C=O) groups is 3. The van der Waals surface area contributed by atoms with Crippen LogP contribution in [0.2, 0.25) is 0 Å². The fraction of sp³-hybridized carbons (Fsp3) is 0.370. The first kappa shape index (κ1) is 25.6. The van der Waals surface area contributed by atoms with Crippen LogP contribution in [0.25, 0.3) is 0 Å². The van der Waals surface area contributed by atoms with Crippen molar-refractivity contribution in [2.24, 2.45) is 5.92 Å². The highest BCUT2D eigenvalue weighted by Gasteiger charge is 2.50. The lowest BCUT2D eigenvalue weighted by Crippen LogP contribution is -2.72. The van der Waals surface area contributed by atoms with Crippen LogP contribution in [0.3, 0.4) is 0 Å². The average Bonchev–Trinajstić information content (AvgIpc) is 3.73. The van der Waals surface area contributed by atoms with E-state index in [1.54, 1.807) is 12.1 Å². The van der Waals surface area contributed by atoms with Crippen molar-refractivity contribution in [1.29, 1.82) is 0 Å². The maximum Gasteiger partial charge on any atom is 0.325 e. The summed E-state index contributed by atoms with van der Waals surface area (Å²) in [5.41, 5.74) is 1.77. The third-order valence-corrected chi connectivity index (χ3v) is 7.04. The summed E-state index contributed by atoms with van der Waals surface area (Å²) in [7, 11) is 0. The van der Waals surface area contributed by atoms with Gasteiger partial charge in [0, 0.05) is 5.69 Å². The number of nitrogens with one attached hydrogen (secondary N) is 2. The van der Waals surface area contributed by atoms with Gasteiger partial charge in [-0.3, -0.25) is 14.4 Å². The molecule has 9 heteroatoms. The summed E-state index contributed by atoms with van der Waals surface area (Å²) in [4.78, 5) is 39.5. The SMILES string of the molecule is CC(=CSNc1ccccc1)C1C(NC(=O)COc2ccccc2)C(=O)N1CC(=O)OC(C)C1CC1. The molecular weight excluding hydrogens is 478 g/mol. The van der Waals surface area contributed by atoms with Gasteiger partial charge in [0.2, 0.25) is 5.91 Å². The highest BCUT2D eigenvalue weighted by molar-refractivity contribution is 8.03. The number of amides is 2. The molecule has 8 nitrogen and oxygen atoms in total. The van der Waals surface area contributed by atoms with E-state index in [0.717, 1.165) is 24.1 Å². The summed E-state index contributed by atoms with van der Waals surface area (Å²) < 4.78 is 14.3. The Bertz CT molecular complexity index is 1090. The molecular formula is C27H31N3O5S. The molecule has 1 saturated carbocycles. The van der Waals surface area contributed by atoms with Crippen LogP contribution in [0.4, 0.5) is 5.69 Å². The maximum absolute atomic E-state index is 13.0. The minimum atomic E-state index is -0.779. The minimum Gasteiger partial charge on any atom is -0.484 e. The van der Waals surface area contributed by atoms with Crippen LogP contribution in [-0.4, -0.2) is 54.0 Å². The first-order valence-electron chi connectivity index (χ1n) is 12.0. The first-order valence-corrected chi connectivity index (χ1v) is 12.9. The van der Waals surface area contributed by atoms with Gasteiger partial charge in [-0.2, -0.15) is 0 Å². The number of β-lactam (4-membered cyclic amide) rings is 1. The number of anilines is 1. The number of benzene rings is 2. The van der Waals surface area contributed by atoms with Crippen LogP contribution in [0.5, 0.6) is 5.75 Å². The number of ether oxygens (including phenoxy) is 2. The predicted octanol–water partition coefficient (Wildman–Crippen LogP) is 3.77. The number of esters is 1. The van der Waals surface area contributed by atoms with Crippen molar-refractivity contribution in [2.45, 2.75) is 44.9 Å². The largest absolute Gasteiger partial charge is 0.484 e. The molecule has 3 atom stereocenters. The number of hydrogen-bond donors (Lipinski definition) is 2. The molecule has 1 heterocycles. The smallest absolute Gasteiger partial charge is 0.325 e. The van der Waals surface area contributed by atoms with Crippen molar-refractivity contribution in [1.82, 2.24) is 10.2 Å². The molecule has 0 spiro atoms. The van der Waals surface area contributed by atoms with E-state index >= 15 is 0 Å². The molecule has 1 aliphatic carbocycles. The fourth-order valence-corrected chi connectivity index (χ4v) is 4.72. The molecule has 0 radical (unpaired) electrons. The molecule has 4 rings (SSSR count). The third-order valence-electron chi connectivity index (χ3n) is 6.19. The highest BCUT2D eigenvalue weighted by Crippen LogP contribution is 2.34. The molecule has 0 bridgehead atoms. The van der Waals surface area contributed by atoms with Crippen molar-refractivity contribution >= 4 is 35.4 Å². The molecule has 2 aromatic rings. The molecule has 2 fully saturated rings. The van der Waals surface area contributed by atoms with Crippen molar-refractivity contribution in [3.05, 3.63) is 71.6 Å². The summed E-state index contributed by atoms with van der Waals surface area (Å²) >= 11 is 1.36. The van der Waals surface area contributed by atoms with Gasteiger partial charge in [-0.05, 0) is 79.8 Å². The molecule has 0 aromatic heterocycles. The molecule has 190 valence electrons. The Morgan fingerprint density at radius 2 is 1.78 bits per heavy atom. The minimum absolute atomic E-state index is 0.153. The van der Waals surface area contributed by atoms with E-state index in [9.17, 15) is 14.4 Å². The summed E-state index contributed by atoms with van der Waals surface area (Å²) in [6.45, 7) is 3.39. The normalized spacial score (nSPS) is 20.2. The number of nitrogens with zero attached hydrogens (tertiary/aromatic N) is 1. The van der Waals surface area contributed by atoms with Gasteiger partial charge in [0.15, 0.2) is 6.61 Å². The summed E-state index contributed by atoms with van der Waals surface area (Å²) in [5.74, 6) is -0.186. The van der Waals surface area contributed by atoms with E-state index in [1.165, 1.54) is 16.8 Å². The fourth-order valence-electron chi connectivity index (χ4n) is 4.07. The standard InChI is InChI=1S/C27H31N3O5S/c1-18(17-36-29-21-9-5-3-6-10-21)26-25(28-23(31)16-34-22-11-7-4-8-12-22)27(33)30(26)15-24(32)35-19(2)20-13-14-20/h3-12,17,19-20,25-26,29H,13-16H2,1-2H3,(H,28,31). The van der Waals surface area contributed by atoms with Crippen LogP contribution in [0, 0.1) is 5.92 Å². The van der Waals surface area contributed by atoms with Gasteiger partial charge in [0.1, 0.15) is 24.4 Å². The summed E-state index contributed by atoms with van der Waals surface area (Å²) in [5, 5.41) is 4.65. The topological polar surface area (TPSA) is 97.0 Å². The van der Waals surface area contributed by atoms with Crippen LogP contribution >= 0.6 is 11.9 Å². The van der Waals surface area contributed by atoms with Gasteiger partial charge in [0.25, 0.3) is 5.91 Å². The van der Waals surface area contributed by atoms with Gasteiger partial charge in [-0.25, -0.2) is 0 Å². The Morgan fingerprint density at radius 3 is 2.44 bits per heavy atom. The van der Waals surface area contributed by atoms with Crippen molar-refractivity contribution in [3.63, 3.8) is 0 Å². The predicted molar refractivity (Wildman–Crippen MR) is 139 cm³/mol. The Morgan fingerprint density at radius 1 is 1.11 bits per heavy atom. The molecule has 1 aliphatic heterocycles. The number of likely N-dealkylation sites (tertiary alicyclic amines) is 1. The molecule has 3 unspecified atom stereocenters. The van der Waals surface area contributed by atoms with E-state index in [4.69, 9.17) is 9.47 Å². The maximum atomic E-state index is 13.0. The number of hydrogen-bond acceptors (Lipinski definition) is 7. The van der Waals surface area contributed by atoms with Gasteiger partial charge in [0.05, 0.1) is 6.04 Å². The monoisotopic (exact) mass is 509 g/mol. The molecule has 2 amide bonds. The summed E-state index contributed by atoms with van der Waals surface area (Å²) in [6, 6.07) is 17.4. The second-order valence-electron chi connectivity index (χ2n) is 9.04. The van der Waals surface area contributed by atoms with Crippen LogP contribution in [0.15, 0.2) is 71.6 Å². The van der Waals surface area contributed by atoms with Gasteiger partial charge >= 0.3 is 5.97 Å². The van der Waals surface area contributed by atoms with Crippen LogP contribution in [-0.2, 0) is 19.1 Å². The molecule has 2 aliphatic rings. The third kappa shape index (κ3) is 6.81. The van der Waals surface area contributed by atoms with Gasteiger partial charge < -0.3 is 24.4 Å². The Balaban J connectivity index is 1.38. The zero-order chi connectivity index (χ0) is 25.5. The molecule has 2 aromatic carbocycles. The van der Waals surface area contributed by atoms with Crippen molar-refractivity contribution in [3.8, 4) is 5.75 Å². The van der Waals surface area contributed by atoms with Crippen molar-refractivity contribution < 1.29 is 23.9 Å².